The van der Waals surface area contributed by atoms with Crippen LogP contribution in [0.2, 0.25) is 0 Å². The third-order valence-electron chi connectivity index (χ3n) is 3.70. The number of carbonyl (C=O) groups is 1. The number of pyridine rings is 1. The van der Waals surface area contributed by atoms with Crippen molar-refractivity contribution in [1.82, 2.24) is 14.7 Å². The number of aromatic nitrogens is 2. The van der Waals surface area contributed by atoms with E-state index in [9.17, 15) is 4.79 Å². The van der Waals surface area contributed by atoms with E-state index in [4.69, 9.17) is 0 Å². The van der Waals surface area contributed by atoms with Crippen molar-refractivity contribution in [3.8, 4) is 0 Å². The Bertz CT molecular complexity index is 806. The highest BCUT2D eigenvalue weighted by Crippen LogP contribution is 2.13. The van der Waals surface area contributed by atoms with Crippen LogP contribution in [-0.4, -0.2) is 21.8 Å². The summed E-state index contributed by atoms with van der Waals surface area (Å²) in [5, 5.41) is 2.99. The first-order valence-electron chi connectivity index (χ1n) is 7.42. The maximum absolute atomic E-state index is 12.5. The molecule has 1 amide bonds. The van der Waals surface area contributed by atoms with Crippen molar-refractivity contribution in [3.05, 3.63) is 71.2 Å². The van der Waals surface area contributed by atoms with Crippen LogP contribution >= 0.6 is 0 Å². The van der Waals surface area contributed by atoms with Gasteiger partial charge in [0.25, 0.3) is 5.91 Å². The fourth-order valence-electron chi connectivity index (χ4n) is 2.59. The van der Waals surface area contributed by atoms with Crippen molar-refractivity contribution in [2.45, 2.75) is 20.3 Å². The zero-order valence-corrected chi connectivity index (χ0v) is 12.8. The van der Waals surface area contributed by atoms with Crippen molar-refractivity contribution in [2.75, 3.05) is 6.54 Å². The van der Waals surface area contributed by atoms with Gasteiger partial charge in [-0.3, -0.25) is 9.20 Å². The van der Waals surface area contributed by atoms with Gasteiger partial charge >= 0.3 is 0 Å². The number of aryl methyl sites for hydroxylation is 2. The third kappa shape index (κ3) is 2.86. The molecule has 1 aromatic carbocycles. The van der Waals surface area contributed by atoms with Crippen LogP contribution in [0.5, 0.6) is 0 Å². The van der Waals surface area contributed by atoms with Gasteiger partial charge in [-0.2, -0.15) is 0 Å². The van der Waals surface area contributed by atoms with E-state index >= 15 is 0 Å². The summed E-state index contributed by atoms with van der Waals surface area (Å²) in [6, 6.07) is 14.1. The second kappa shape index (κ2) is 6.02. The predicted octanol–water partition coefficient (Wildman–Crippen LogP) is 2.92. The first kappa shape index (κ1) is 14.3. The minimum atomic E-state index is -0.0773. The molecule has 0 spiro atoms. The van der Waals surface area contributed by atoms with Crippen molar-refractivity contribution in [1.29, 1.82) is 0 Å². The number of fused-ring (bicyclic) bond motifs is 1. The van der Waals surface area contributed by atoms with Crippen LogP contribution in [0.15, 0.2) is 48.7 Å². The van der Waals surface area contributed by atoms with Crippen LogP contribution < -0.4 is 5.32 Å². The number of nitrogens with zero attached hydrogens (tertiary/aromatic N) is 2. The first-order chi connectivity index (χ1) is 10.6. The molecule has 3 rings (SSSR count). The molecule has 112 valence electrons. The summed E-state index contributed by atoms with van der Waals surface area (Å²) in [7, 11) is 0. The van der Waals surface area contributed by atoms with E-state index in [1.807, 2.05) is 54.8 Å². The van der Waals surface area contributed by atoms with Crippen LogP contribution in [0.3, 0.4) is 0 Å². The van der Waals surface area contributed by atoms with Gasteiger partial charge in [0, 0.05) is 12.7 Å². The number of rotatable bonds is 4. The lowest BCUT2D eigenvalue weighted by molar-refractivity contribution is 0.0947. The maximum atomic E-state index is 12.5. The molecule has 0 fully saturated rings. The van der Waals surface area contributed by atoms with Crippen molar-refractivity contribution >= 4 is 11.6 Å². The molecule has 0 radical (unpaired) electrons. The summed E-state index contributed by atoms with van der Waals surface area (Å²) < 4.78 is 1.86. The van der Waals surface area contributed by atoms with E-state index in [0.29, 0.717) is 12.2 Å². The van der Waals surface area contributed by atoms with Gasteiger partial charge < -0.3 is 5.32 Å². The molecular weight excluding hydrogens is 274 g/mol. The van der Waals surface area contributed by atoms with E-state index in [1.54, 1.807) is 0 Å². The van der Waals surface area contributed by atoms with E-state index in [0.717, 1.165) is 23.3 Å². The highest BCUT2D eigenvalue weighted by atomic mass is 16.1. The molecular formula is C18H19N3O. The Labute approximate surface area is 129 Å². The number of hydrogen-bond donors (Lipinski definition) is 1. The maximum Gasteiger partial charge on any atom is 0.270 e. The molecule has 0 aliphatic heterocycles. The molecule has 0 aliphatic carbocycles. The van der Waals surface area contributed by atoms with E-state index in [-0.39, 0.29) is 5.91 Å². The predicted molar refractivity (Wildman–Crippen MR) is 87.1 cm³/mol. The topological polar surface area (TPSA) is 46.4 Å². The minimum absolute atomic E-state index is 0.0773. The van der Waals surface area contributed by atoms with Crippen LogP contribution in [0.1, 0.15) is 27.3 Å². The van der Waals surface area contributed by atoms with Gasteiger partial charge in [-0.05, 0) is 37.5 Å². The second-order valence-electron chi connectivity index (χ2n) is 5.47. The highest BCUT2D eigenvalue weighted by Gasteiger charge is 2.16. The summed E-state index contributed by atoms with van der Waals surface area (Å²) in [6.07, 6.45) is 2.77. The molecule has 0 atom stereocenters. The second-order valence-corrected chi connectivity index (χ2v) is 5.47. The Morgan fingerprint density at radius 3 is 2.68 bits per heavy atom. The summed E-state index contributed by atoms with van der Waals surface area (Å²) in [5.74, 6) is -0.0773. The molecule has 0 saturated heterocycles. The van der Waals surface area contributed by atoms with E-state index in [1.165, 1.54) is 5.56 Å². The number of hydrogen-bond acceptors (Lipinski definition) is 2. The molecule has 4 heteroatoms. The number of nitrogens with one attached hydrogen (secondary N) is 1. The molecule has 1 N–H and O–H groups in total. The van der Waals surface area contributed by atoms with Crippen molar-refractivity contribution in [2.24, 2.45) is 0 Å². The monoisotopic (exact) mass is 293 g/mol. The molecule has 0 saturated carbocycles. The van der Waals surface area contributed by atoms with Gasteiger partial charge in [0.15, 0.2) is 0 Å². The van der Waals surface area contributed by atoms with E-state index < -0.39 is 0 Å². The lowest BCUT2D eigenvalue weighted by Gasteiger charge is -2.06. The number of amides is 1. The normalized spacial score (nSPS) is 10.8. The lowest BCUT2D eigenvalue weighted by Crippen LogP contribution is -2.27. The number of carbonyl (C=O) groups excluding carboxylic acids is 1. The fraction of sp³-hybridized carbons (Fsp3) is 0.222. The van der Waals surface area contributed by atoms with Crippen molar-refractivity contribution < 1.29 is 4.79 Å². The standard InChI is InChI=1S/C18H19N3O/c1-13-8-9-16-20-14(2)17(21(16)12-13)18(22)19-11-10-15-6-4-3-5-7-15/h3-9,12H,10-11H2,1-2H3,(H,19,22). The van der Waals surface area contributed by atoms with Gasteiger partial charge in [0.2, 0.25) is 0 Å². The summed E-state index contributed by atoms with van der Waals surface area (Å²) in [6.45, 7) is 4.49. The summed E-state index contributed by atoms with van der Waals surface area (Å²) in [5.41, 5.74) is 4.49. The Morgan fingerprint density at radius 2 is 1.91 bits per heavy atom. The van der Waals surface area contributed by atoms with Gasteiger partial charge in [-0.25, -0.2) is 4.98 Å². The van der Waals surface area contributed by atoms with Crippen LogP contribution in [0.25, 0.3) is 5.65 Å². The van der Waals surface area contributed by atoms with Crippen LogP contribution in [0, 0.1) is 13.8 Å². The smallest absolute Gasteiger partial charge is 0.270 e. The quantitative estimate of drug-likeness (QED) is 0.804. The van der Waals surface area contributed by atoms with Gasteiger partial charge in [0.05, 0.1) is 5.69 Å². The molecule has 4 nitrogen and oxygen atoms in total. The average Bonchev–Trinajstić information content (AvgIpc) is 2.83. The Hall–Kier alpha value is -2.62. The molecule has 0 unspecified atom stereocenters. The van der Waals surface area contributed by atoms with Gasteiger partial charge in [-0.1, -0.05) is 36.4 Å². The largest absolute Gasteiger partial charge is 0.350 e. The number of benzene rings is 1. The molecule has 0 aliphatic rings. The Balaban J connectivity index is 1.75. The summed E-state index contributed by atoms with van der Waals surface area (Å²) in [4.78, 5) is 16.9. The van der Waals surface area contributed by atoms with Crippen LogP contribution in [0.4, 0.5) is 0 Å². The first-order valence-corrected chi connectivity index (χ1v) is 7.42. The lowest BCUT2D eigenvalue weighted by atomic mass is 10.1. The molecule has 22 heavy (non-hydrogen) atoms. The average molecular weight is 293 g/mol. The molecule has 0 bridgehead atoms. The zero-order chi connectivity index (χ0) is 15.5. The highest BCUT2D eigenvalue weighted by molar-refractivity contribution is 5.94. The van der Waals surface area contributed by atoms with E-state index in [2.05, 4.69) is 22.4 Å². The van der Waals surface area contributed by atoms with Crippen molar-refractivity contribution in [3.63, 3.8) is 0 Å². The SMILES string of the molecule is Cc1ccc2nc(C)c(C(=O)NCCc3ccccc3)n2c1. The molecule has 3 aromatic rings. The van der Waals surface area contributed by atoms with Gasteiger partial charge in [0.1, 0.15) is 11.3 Å². The molecule has 2 aromatic heterocycles. The molecule has 2 heterocycles. The van der Waals surface area contributed by atoms with Gasteiger partial charge in [-0.15, -0.1) is 0 Å². The third-order valence-corrected chi connectivity index (χ3v) is 3.70. The van der Waals surface area contributed by atoms with Crippen LogP contribution in [-0.2, 0) is 6.42 Å². The summed E-state index contributed by atoms with van der Waals surface area (Å²) >= 11 is 0. The Morgan fingerprint density at radius 1 is 1.14 bits per heavy atom. The fourth-order valence-corrected chi connectivity index (χ4v) is 2.59. The Kier molecular flexibility index (Phi) is 3.92. The zero-order valence-electron chi connectivity index (χ0n) is 12.8. The minimum Gasteiger partial charge on any atom is -0.350 e. The number of imidazole rings is 1.